The third-order valence-electron chi connectivity index (χ3n) is 2.50. The second-order valence-corrected chi connectivity index (χ2v) is 5.41. The lowest BCUT2D eigenvalue weighted by atomic mass is 10.1. The van der Waals surface area contributed by atoms with Crippen LogP contribution in [-0.4, -0.2) is 21.6 Å². The largest absolute Gasteiger partial charge is 0.452 e. The summed E-state index contributed by atoms with van der Waals surface area (Å²) in [6, 6.07) is 12.1. The monoisotopic (exact) mass is 280 g/mol. The van der Waals surface area contributed by atoms with Gasteiger partial charge in [0.05, 0.1) is 12.0 Å². The van der Waals surface area contributed by atoms with E-state index in [1.54, 1.807) is 6.07 Å². The molecule has 1 amide bonds. The predicted octanol–water partition coefficient (Wildman–Crippen LogP) is 1.39. The number of hydrogen-bond acceptors (Lipinski definition) is 4. The first-order valence-corrected chi connectivity index (χ1v) is 6.86. The Morgan fingerprint density at radius 3 is 2.47 bits per heavy atom. The minimum absolute atomic E-state index is 0.0580. The van der Waals surface area contributed by atoms with Gasteiger partial charge in [0.2, 0.25) is 0 Å². The highest BCUT2D eigenvalue weighted by Crippen LogP contribution is 2.18. The highest BCUT2D eigenvalue weighted by Gasteiger charge is 2.15. The molecule has 100 valence electrons. The Morgan fingerprint density at radius 1 is 1.11 bits per heavy atom. The maximum atomic E-state index is 11.9. The van der Waals surface area contributed by atoms with Crippen LogP contribution in [0, 0.1) is 0 Å². The van der Waals surface area contributed by atoms with Crippen molar-refractivity contribution in [3.8, 4) is 0 Å². The molecule has 6 nitrogen and oxygen atoms in total. The van der Waals surface area contributed by atoms with Crippen LogP contribution in [0.3, 0.4) is 0 Å². The first kappa shape index (κ1) is 13.3. The number of carbonyl (C=O) groups excluding carboxylic acids is 1. The second kappa shape index (κ2) is 5.25. The number of amides is 1. The van der Waals surface area contributed by atoms with Crippen LogP contribution in [0.5, 0.6) is 0 Å². The lowest BCUT2D eigenvalue weighted by Crippen LogP contribution is -2.41. The van der Waals surface area contributed by atoms with E-state index in [-0.39, 0.29) is 4.90 Å². The van der Waals surface area contributed by atoms with Crippen molar-refractivity contribution < 1.29 is 17.9 Å². The highest BCUT2D eigenvalue weighted by atomic mass is 32.2. The maximum Gasteiger partial charge on any atom is 0.422 e. The van der Waals surface area contributed by atoms with Crippen molar-refractivity contribution in [2.24, 2.45) is 0 Å². The van der Waals surface area contributed by atoms with Crippen molar-refractivity contribution in [3.63, 3.8) is 0 Å². The number of fused-ring (bicyclic) bond motifs is 1. The van der Waals surface area contributed by atoms with Crippen LogP contribution < -0.4 is 10.3 Å². The SMILES string of the molecule is COC(=O)NNS(=O)(=O)c1ccc2ccccc2c1. The van der Waals surface area contributed by atoms with Crippen molar-refractivity contribution in [3.05, 3.63) is 42.5 Å². The molecule has 0 bridgehead atoms. The van der Waals surface area contributed by atoms with E-state index in [4.69, 9.17) is 0 Å². The molecule has 0 radical (unpaired) electrons. The van der Waals surface area contributed by atoms with Crippen LogP contribution in [0.25, 0.3) is 10.8 Å². The quantitative estimate of drug-likeness (QED) is 0.832. The fraction of sp³-hybridized carbons (Fsp3) is 0.0833. The zero-order valence-electron chi connectivity index (χ0n) is 10.1. The number of carbonyl (C=O) groups is 1. The van der Waals surface area contributed by atoms with Crippen LogP contribution in [0.2, 0.25) is 0 Å². The summed E-state index contributed by atoms with van der Waals surface area (Å²) >= 11 is 0. The van der Waals surface area contributed by atoms with Gasteiger partial charge < -0.3 is 4.74 Å². The van der Waals surface area contributed by atoms with E-state index >= 15 is 0 Å². The standard InChI is InChI=1S/C12H12N2O4S/c1-18-12(15)13-14-19(16,17)11-7-6-9-4-2-3-5-10(9)8-11/h2-8,14H,1H3,(H,13,15). The molecule has 19 heavy (non-hydrogen) atoms. The Labute approximate surface area is 110 Å². The van der Waals surface area contributed by atoms with E-state index < -0.39 is 16.1 Å². The fourth-order valence-electron chi connectivity index (χ4n) is 1.55. The minimum atomic E-state index is -3.82. The first-order chi connectivity index (χ1) is 9.03. The molecule has 0 aliphatic heterocycles. The lowest BCUT2D eigenvalue weighted by Gasteiger charge is -2.08. The van der Waals surface area contributed by atoms with Crippen LogP contribution in [0.15, 0.2) is 47.4 Å². The number of rotatable bonds is 3. The number of ether oxygens (including phenoxy) is 1. The Hall–Kier alpha value is -2.12. The van der Waals surface area contributed by atoms with Crippen molar-refractivity contribution >= 4 is 26.9 Å². The van der Waals surface area contributed by atoms with Crippen molar-refractivity contribution in [2.75, 3.05) is 7.11 Å². The summed E-state index contributed by atoms with van der Waals surface area (Å²) in [5, 5.41) is 1.73. The molecule has 0 aliphatic rings. The van der Waals surface area contributed by atoms with Gasteiger partial charge in [-0.15, -0.1) is 4.83 Å². The number of sulfonamides is 1. The molecule has 0 saturated carbocycles. The van der Waals surface area contributed by atoms with Gasteiger partial charge in [0.25, 0.3) is 10.0 Å². The number of benzene rings is 2. The van der Waals surface area contributed by atoms with Gasteiger partial charge in [-0.25, -0.2) is 18.6 Å². The van der Waals surface area contributed by atoms with Gasteiger partial charge >= 0.3 is 6.09 Å². The number of hydrogen-bond donors (Lipinski definition) is 2. The molecule has 2 aromatic carbocycles. The Morgan fingerprint density at radius 2 is 1.79 bits per heavy atom. The summed E-state index contributed by atoms with van der Waals surface area (Å²) in [7, 11) is -2.68. The molecule has 0 atom stereocenters. The van der Waals surface area contributed by atoms with Crippen LogP contribution >= 0.6 is 0 Å². The van der Waals surface area contributed by atoms with Gasteiger partial charge in [-0.3, -0.25) is 0 Å². The average molecular weight is 280 g/mol. The molecular weight excluding hydrogens is 268 g/mol. The van der Waals surface area contributed by atoms with Gasteiger partial charge in [0.1, 0.15) is 0 Å². The Kier molecular flexibility index (Phi) is 3.68. The molecule has 2 N–H and O–H groups in total. The van der Waals surface area contributed by atoms with Crippen molar-refractivity contribution in [1.29, 1.82) is 0 Å². The summed E-state index contributed by atoms with van der Waals surface area (Å²) in [4.78, 5) is 12.8. The Bertz CT molecular complexity index is 712. The van der Waals surface area contributed by atoms with E-state index in [0.29, 0.717) is 0 Å². The number of hydrazine groups is 1. The predicted molar refractivity (Wildman–Crippen MR) is 69.8 cm³/mol. The van der Waals surface area contributed by atoms with Gasteiger partial charge in [-0.2, -0.15) is 0 Å². The van der Waals surface area contributed by atoms with Crippen LogP contribution in [-0.2, 0) is 14.8 Å². The third kappa shape index (κ3) is 3.01. The van der Waals surface area contributed by atoms with Crippen LogP contribution in [0.1, 0.15) is 0 Å². The Balaban J connectivity index is 2.30. The minimum Gasteiger partial charge on any atom is -0.452 e. The zero-order valence-corrected chi connectivity index (χ0v) is 10.9. The third-order valence-corrected chi connectivity index (χ3v) is 3.75. The molecule has 2 rings (SSSR count). The molecule has 7 heteroatoms. The summed E-state index contributed by atoms with van der Waals surface area (Å²) in [5.41, 5.74) is 1.92. The molecule has 0 aromatic heterocycles. The van der Waals surface area contributed by atoms with Crippen molar-refractivity contribution in [2.45, 2.75) is 4.90 Å². The average Bonchev–Trinajstić information content (AvgIpc) is 2.44. The number of methoxy groups -OCH3 is 1. The van der Waals surface area contributed by atoms with Gasteiger partial charge in [0, 0.05) is 0 Å². The summed E-state index contributed by atoms with van der Waals surface area (Å²) in [5.74, 6) is 0. The van der Waals surface area contributed by atoms with Gasteiger partial charge in [-0.05, 0) is 22.9 Å². The number of nitrogens with one attached hydrogen (secondary N) is 2. The molecule has 0 unspecified atom stereocenters. The van der Waals surface area contributed by atoms with E-state index in [1.807, 2.05) is 34.5 Å². The van der Waals surface area contributed by atoms with Crippen LogP contribution in [0.4, 0.5) is 4.79 Å². The summed E-state index contributed by atoms with van der Waals surface area (Å²) in [6.07, 6.45) is -0.885. The molecule has 0 spiro atoms. The van der Waals surface area contributed by atoms with E-state index in [9.17, 15) is 13.2 Å². The van der Waals surface area contributed by atoms with Gasteiger partial charge in [-0.1, -0.05) is 30.3 Å². The highest BCUT2D eigenvalue weighted by molar-refractivity contribution is 7.89. The van der Waals surface area contributed by atoms with E-state index in [2.05, 4.69) is 4.74 Å². The molecule has 0 fully saturated rings. The van der Waals surface area contributed by atoms with Gasteiger partial charge in [0.15, 0.2) is 0 Å². The molecule has 0 aliphatic carbocycles. The first-order valence-electron chi connectivity index (χ1n) is 5.37. The van der Waals surface area contributed by atoms with E-state index in [1.165, 1.54) is 12.1 Å². The molecule has 2 aromatic rings. The zero-order chi connectivity index (χ0) is 13.9. The smallest absolute Gasteiger partial charge is 0.422 e. The topological polar surface area (TPSA) is 84.5 Å². The molecule has 0 heterocycles. The second-order valence-electron chi connectivity index (χ2n) is 3.73. The maximum absolute atomic E-state index is 11.9. The molecular formula is C12H12N2O4S. The molecule has 0 saturated heterocycles. The lowest BCUT2D eigenvalue weighted by molar-refractivity contribution is 0.169. The summed E-state index contributed by atoms with van der Waals surface area (Å²) < 4.78 is 28.1. The summed E-state index contributed by atoms with van der Waals surface area (Å²) in [6.45, 7) is 0. The van der Waals surface area contributed by atoms with Crippen molar-refractivity contribution in [1.82, 2.24) is 10.3 Å². The fourth-order valence-corrected chi connectivity index (χ4v) is 2.42. The normalized spacial score (nSPS) is 11.2. The van der Waals surface area contributed by atoms with E-state index in [0.717, 1.165) is 17.9 Å².